The summed E-state index contributed by atoms with van der Waals surface area (Å²) in [6.07, 6.45) is 0. The molecule has 0 saturated carbocycles. The van der Waals surface area contributed by atoms with E-state index in [0.717, 1.165) is 10.6 Å². The first-order valence-electron chi connectivity index (χ1n) is 6.55. The summed E-state index contributed by atoms with van der Waals surface area (Å²) < 4.78 is 9.94. The molecule has 0 atom stereocenters. The number of esters is 1. The smallest absolute Gasteiger partial charge is 0.356 e. The summed E-state index contributed by atoms with van der Waals surface area (Å²) in [5, 5.41) is 8.99. The number of rotatable bonds is 5. The second kappa shape index (κ2) is 6.02. The molecule has 3 rings (SSSR count). The number of nitrogens with one attached hydrogen (secondary N) is 2. The molecule has 0 aliphatic carbocycles. The molecule has 8 heteroatoms. The van der Waals surface area contributed by atoms with Gasteiger partial charge in [-0.2, -0.15) is 4.98 Å². The molecule has 3 aromatic heterocycles. The molecule has 0 bridgehead atoms. The molecule has 0 aliphatic heterocycles. The normalized spacial score (nSPS) is 10.6. The fourth-order valence-electron chi connectivity index (χ4n) is 2.00. The number of hydrogen-bond donors (Lipinski definition) is 2. The standard InChI is InChI=1S/C14H14N4O3S/c1-8-6-9(12(16-8)14(19)20-2)15-7-11-17-13(18-21-11)10-4-3-5-22-10/h3-6,15-16H,7H2,1-2H3. The molecule has 114 valence electrons. The molecule has 0 aromatic carbocycles. The van der Waals surface area contributed by atoms with Crippen molar-refractivity contribution in [2.45, 2.75) is 13.5 Å². The van der Waals surface area contributed by atoms with Gasteiger partial charge in [0.2, 0.25) is 11.7 Å². The lowest BCUT2D eigenvalue weighted by atomic mass is 10.3. The third-order valence-corrected chi connectivity index (χ3v) is 3.85. The van der Waals surface area contributed by atoms with Crippen LogP contribution in [0.5, 0.6) is 0 Å². The van der Waals surface area contributed by atoms with Crippen LogP contribution in [0.1, 0.15) is 22.1 Å². The van der Waals surface area contributed by atoms with Gasteiger partial charge in [-0.1, -0.05) is 11.2 Å². The molecule has 0 unspecified atom stereocenters. The van der Waals surface area contributed by atoms with E-state index in [1.165, 1.54) is 7.11 Å². The third kappa shape index (κ3) is 2.86. The van der Waals surface area contributed by atoms with E-state index in [-0.39, 0.29) is 0 Å². The Morgan fingerprint density at radius 2 is 2.41 bits per heavy atom. The van der Waals surface area contributed by atoms with E-state index in [9.17, 15) is 4.79 Å². The summed E-state index contributed by atoms with van der Waals surface area (Å²) in [5.74, 6) is 0.573. The number of thiophene rings is 1. The molecule has 0 amide bonds. The Labute approximate surface area is 130 Å². The predicted molar refractivity (Wildman–Crippen MR) is 81.8 cm³/mol. The number of H-pyrrole nitrogens is 1. The molecule has 0 spiro atoms. The van der Waals surface area contributed by atoms with Crippen LogP contribution in [0.25, 0.3) is 10.7 Å². The molecule has 3 heterocycles. The van der Waals surface area contributed by atoms with E-state index in [1.54, 1.807) is 11.3 Å². The number of ether oxygens (including phenoxy) is 1. The Balaban J connectivity index is 1.72. The van der Waals surface area contributed by atoms with Gasteiger partial charge in [0.15, 0.2) is 0 Å². The van der Waals surface area contributed by atoms with Gasteiger partial charge in [0.1, 0.15) is 5.69 Å². The van der Waals surface area contributed by atoms with Crippen LogP contribution in [-0.4, -0.2) is 28.2 Å². The van der Waals surface area contributed by atoms with E-state index in [4.69, 9.17) is 9.26 Å². The SMILES string of the molecule is COC(=O)c1[nH]c(C)cc1NCc1nc(-c2cccs2)no1. The lowest BCUT2D eigenvalue weighted by molar-refractivity contribution is 0.0595. The van der Waals surface area contributed by atoms with E-state index in [0.29, 0.717) is 29.6 Å². The molecule has 2 N–H and O–H groups in total. The van der Waals surface area contributed by atoms with Crippen molar-refractivity contribution in [3.63, 3.8) is 0 Å². The molecular weight excluding hydrogens is 304 g/mol. The maximum atomic E-state index is 11.7. The number of hydrogen-bond acceptors (Lipinski definition) is 7. The monoisotopic (exact) mass is 318 g/mol. The van der Waals surface area contributed by atoms with E-state index >= 15 is 0 Å². The van der Waals surface area contributed by atoms with Crippen molar-refractivity contribution in [2.75, 3.05) is 12.4 Å². The first-order valence-corrected chi connectivity index (χ1v) is 7.43. The topological polar surface area (TPSA) is 93.0 Å². The number of anilines is 1. The van der Waals surface area contributed by atoms with Crippen LogP contribution < -0.4 is 5.32 Å². The summed E-state index contributed by atoms with van der Waals surface area (Å²) in [6.45, 7) is 2.18. The number of aromatic nitrogens is 3. The highest BCUT2D eigenvalue weighted by atomic mass is 32.1. The van der Waals surface area contributed by atoms with Crippen LogP contribution in [0.2, 0.25) is 0 Å². The second-order valence-corrected chi connectivity index (χ2v) is 5.52. The summed E-state index contributed by atoms with van der Waals surface area (Å²) in [5.41, 5.74) is 1.87. The third-order valence-electron chi connectivity index (χ3n) is 2.98. The average molecular weight is 318 g/mol. The molecule has 0 radical (unpaired) electrons. The van der Waals surface area contributed by atoms with Crippen LogP contribution >= 0.6 is 11.3 Å². The van der Waals surface area contributed by atoms with Crippen LogP contribution in [-0.2, 0) is 11.3 Å². The Bertz CT molecular complexity index is 776. The first kappa shape index (κ1) is 14.3. The highest BCUT2D eigenvalue weighted by molar-refractivity contribution is 7.13. The van der Waals surface area contributed by atoms with Crippen molar-refractivity contribution in [3.8, 4) is 10.7 Å². The average Bonchev–Trinajstić information content (AvgIpc) is 3.24. The van der Waals surface area contributed by atoms with Crippen molar-refractivity contribution in [1.82, 2.24) is 15.1 Å². The Morgan fingerprint density at radius 3 is 3.14 bits per heavy atom. The second-order valence-electron chi connectivity index (χ2n) is 4.58. The van der Waals surface area contributed by atoms with Gasteiger partial charge >= 0.3 is 5.97 Å². The van der Waals surface area contributed by atoms with Crippen molar-refractivity contribution < 1.29 is 14.1 Å². The fourth-order valence-corrected chi connectivity index (χ4v) is 2.64. The summed E-state index contributed by atoms with van der Waals surface area (Å²) in [7, 11) is 1.34. The van der Waals surface area contributed by atoms with E-state index in [1.807, 2.05) is 30.5 Å². The minimum Gasteiger partial charge on any atom is -0.464 e. The number of methoxy groups -OCH3 is 1. The minimum atomic E-state index is -0.430. The van der Waals surface area contributed by atoms with Gasteiger partial charge in [0.25, 0.3) is 0 Å². The molecule has 7 nitrogen and oxygen atoms in total. The Morgan fingerprint density at radius 1 is 1.55 bits per heavy atom. The van der Waals surface area contributed by atoms with Crippen molar-refractivity contribution in [1.29, 1.82) is 0 Å². The van der Waals surface area contributed by atoms with Crippen molar-refractivity contribution in [2.24, 2.45) is 0 Å². The van der Waals surface area contributed by atoms with Gasteiger partial charge in [-0.3, -0.25) is 0 Å². The Hall–Kier alpha value is -2.61. The van der Waals surface area contributed by atoms with E-state index < -0.39 is 5.97 Å². The van der Waals surface area contributed by atoms with Crippen LogP contribution in [0.3, 0.4) is 0 Å². The van der Waals surface area contributed by atoms with Crippen LogP contribution in [0.4, 0.5) is 5.69 Å². The molecule has 0 aliphatic rings. The highest BCUT2D eigenvalue weighted by Gasteiger charge is 2.16. The maximum Gasteiger partial charge on any atom is 0.356 e. The zero-order chi connectivity index (χ0) is 15.5. The largest absolute Gasteiger partial charge is 0.464 e. The fraction of sp³-hybridized carbons (Fsp3) is 0.214. The van der Waals surface area contributed by atoms with Gasteiger partial charge in [-0.25, -0.2) is 4.79 Å². The molecular formula is C14H14N4O3S. The lowest BCUT2D eigenvalue weighted by Crippen LogP contribution is -2.07. The lowest BCUT2D eigenvalue weighted by Gasteiger charge is -2.03. The van der Waals surface area contributed by atoms with Gasteiger partial charge < -0.3 is 19.6 Å². The summed E-state index contributed by atoms with van der Waals surface area (Å²) in [4.78, 5) is 19.9. The molecule has 0 saturated heterocycles. The predicted octanol–water partition coefficient (Wildman–Crippen LogP) is 2.83. The number of aromatic amines is 1. The van der Waals surface area contributed by atoms with Gasteiger partial charge in [0.05, 0.1) is 24.2 Å². The number of nitrogens with zero attached hydrogens (tertiary/aromatic N) is 2. The van der Waals surface area contributed by atoms with Crippen LogP contribution in [0.15, 0.2) is 28.1 Å². The zero-order valence-electron chi connectivity index (χ0n) is 12.0. The summed E-state index contributed by atoms with van der Waals surface area (Å²) >= 11 is 1.54. The number of carbonyl (C=O) groups is 1. The number of aryl methyl sites for hydroxylation is 1. The van der Waals surface area contributed by atoms with Crippen molar-refractivity contribution >= 4 is 23.0 Å². The van der Waals surface area contributed by atoms with Gasteiger partial charge in [-0.15, -0.1) is 11.3 Å². The maximum absolute atomic E-state index is 11.7. The number of carbonyl (C=O) groups excluding carboxylic acids is 1. The van der Waals surface area contributed by atoms with E-state index in [2.05, 4.69) is 20.4 Å². The first-order chi connectivity index (χ1) is 10.7. The molecule has 0 fully saturated rings. The molecule has 3 aromatic rings. The Kier molecular flexibility index (Phi) is 3.92. The van der Waals surface area contributed by atoms with Gasteiger partial charge in [-0.05, 0) is 24.4 Å². The molecule has 22 heavy (non-hydrogen) atoms. The summed E-state index contributed by atoms with van der Waals surface area (Å²) in [6, 6.07) is 5.68. The minimum absolute atomic E-state index is 0.319. The zero-order valence-corrected chi connectivity index (χ0v) is 12.9. The highest BCUT2D eigenvalue weighted by Crippen LogP contribution is 2.22. The van der Waals surface area contributed by atoms with Crippen molar-refractivity contribution in [3.05, 3.63) is 40.9 Å². The quantitative estimate of drug-likeness (QED) is 0.703. The van der Waals surface area contributed by atoms with Crippen LogP contribution in [0, 0.1) is 6.92 Å². The van der Waals surface area contributed by atoms with Gasteiger partial charge in [0, 0.05) is 5.69 Å².